The van der Waals surface area contributed by atoms with Gasteiger partial charge in [0.15, 0.2) is 12.4 Å². The van der Waals surface area contributed by atoms with Gasteiger partial charge in [-0.05, 0) is 67.1 Å². The molecule has 1 aromatic carbocycles. The van der Waals surface area contributed by atoms with Gasteiger partial charge in [0.1, 0.15) is 0 Å². The molecular weight excluding hydrogens is 409 g/mol. The maximum Gasteiger partial charge on any atom is 0.338 e. The predicted molar refractivity (Wildman–Crippen MR) is 94.0 cm³/mol. The summed E-state index contributed by atoms with van der Waals surface area (Å²) in [6.45, 7) is 4.52. The lowest BCUT2D eigenvalue weighted by Crippen LogP contribution is -2.15. The topological polar surface area (TPSA) is 76.2 Å². The zero-order chi connectivity index (χ0) is 17.1. The van der Waals surface area contributed by atoms with E-state index in [9.17, 15) is 14.4 Å². The lowest BCUT2D eigenvalue weighted by Gasteiger charge is -2.05. The number of ketones is 2. The molecule has 0 spiro atoms. The number of hydrogen-bond acceptors (Lipinski definition) is 4. The van der Waals surface area contributed by atoms with Crippen molar-refractivity contribution >= 4 is 40.1 Å². The van der Waals surface area contributed by atoms with Crippen LogP contribution in [0.4, 0.5) is 0 Å². The van der Waals surface area contributed by atoms with Crippen molar-refractivity contribution in [2.75, 3.05) is 6.61 Å². The summed E-state index contributed by atoms with van der Waals surface area (Å²) in [7, 11) is 0. The summed E-state index contributed by atoms with van der Waals surface area (Å²) in [6, 6.07) is 6.92. The number of Topliss-reactive ketones (excluding diaryl/α,β-unsaturated/α-hetero) is 2. The lowest BCUT2D eigenvalue weighted by molar-refractivity contribution is 0.0473. The van der Waals surface area contributed by atoms with Crippen molar-refractivity contribution in [3.63, 3.8) is 0 Å². The molecule has 0 atom stereocenters. The maximum absolute atomic E-state index is 12.2. The van der Waals surface area contributed by atoms with Gasteiger partial charge in [-0.3, -0.25) is 9.59 Å². The molecule has 1 heterocycles. The summed E-state index contributed by atoms with van der Waals surface area (Å²) in [5.41, 5.74) is 2.45. The minimum Gasteiger partial charge on any atom is -0.454 e. The zero-order valence-corrected chi connectivity index (χ0v) is 15.2. The highest BCUT2D eigenvalue weighted by atomic mass is 127. The molecule has 5 nitrogen and oxygen atoms in total. The second-order valence-corrected chi connectivity index (χ2v) is 6.44. The van der Waals surface area contributed by atoms with E-state index in [1.807, 2.05) is 6.07 Å². The van der Waals surface area contributed by atoms with Crippen LogP contribution >= 0.6 is 22.6 Å². The molecule has 0 bridgehead atoms. The molecule has 0 saturated heterocycles. The van der Waals surface area contributed by atoms with E-state index in [0.717, 1.165) is 3.57 Å². The average Bonchev–Trinajstić information content (AvgIpc) is 2.79. The third kappa shape index (κ3) is 3.87. The lowest BCUT2D eigenvalue weighted by atomic mass is 10.1. The first-order chi connectivity index (χ1) is 10.8. The number of carbonyl (C=O) groups excluding carboxylic acids is 3. The molecule has 0 aliphatic rings. The number of rotatable bonds is 5. The molecule has 0 radical (unpaired) electrons. The first-order valence-electron chi connectivity index (χ1n) is 6.97. The molecule has 0 fully saturated rings. The van der Waals surface area contributed by atoms with Crippen LogP contribution in [0.2, 0.25) is 0 Å². The molecular formula is C17H16INO4. The summed E-state index contributed by atoms with van der Waals surface area (Å²) in [4.78, 5) is 38.7. The van der Waals surface area contributed by atoms with Crippen molar-refractivity contribution in [1.29, 1.82) is 0 Å². The van der Waals surface area contributed by atoms with E-state index in [2.05, 4.69) is 27.6 Å². The molecule has 0 saturated carbocycles. The number of benzene rings is 1. The molecule has 2 rings (SSSR count). The van der Waals surface area contributed by atoms with Crippen LogP contribution in [-0.4, -0.2) is 29.1 Å². The van der Waals surface area contributed by atoms with Crippen molar-refractivity contribution in [2.24, 2.45) is 0 Å². The number of carbonyl (C=O) groups is 3. The highest BCUT2D eigenvalue weighted by Crippen LogP contribution is 2.19. The normalized spacial score (nSPS) is 10.4. The Morgan fingerprint density at radius 1 is 1.22 bits per heavy atom. The van der Waals surface area contributed by atoms with Crippen LogP contribution in [0.25, 0.3) is 0 Å². The Bertz CT molecular complexity index is 792. The van der Waals surface area contributed by atoms with Crippen LogP contribution in [0.5, 0.6) is 0 Å². The predicted octanol–water partition coefficient (Wildman–Crippen LogP) is 3.48. The van der Waals surface area contributed by atoms with Crippen LogP contribution in [0.3, 0.4) is 0 Å². The molecule has 23 heavy (non-hydrogen) atoms. The van der Waals surface area contributed by atoms with Crippen LogP contribution in [-0.2, 0) is 4.74 Å². The van der Waals surface area contributed by atoms with Gasteiger partial charge in [0.05, 0.1) is 11.3 Å². The van der Waals surface area contributed by atoms with Crippen molar-refractivity contribution in [2.45, 2.75) is 20.8 Å². The first kappa shape index (κ1) is 17.4. The van der Waals surface area contributed by atoms with Gasteiger partial charge in [0.2, 0.25) is 5.78 Å². The second kappa shape index (κ2) is 7.08. The summed E-state index contributed by atoms with van der Waals surface area (Å²) >= 11 is 2.09. The second-order valence-electron chi connectivity index (χ2n) is 5.19. The van der Waals surface area contributed by atoms with E-state index >= 15 is 0 Å². The maximum atomic E-state index is 12.2. The summed E-state index contributed by atoms with van der Waals surface area (Å²) < 4.78 is 5.97. The number of esters is 1. The number of nitrogens with one attached hydrogen (secondary N) is 1. The smallest absolute Gasteiger partial charge is 0.338 e. The molecule has 0 aliphatic carbocycles. The summed E-state index contributed by atoms with van der Waals surface area (Å²) in [6.07, 6.45) is 0. The van der Waals surface area contributed by atoms with Crippen LogP contribution < -0.4 is 0 Å². The Morgan fingerprint density at radius 2 is 1.91 bits per heavy atom. The van der Waals surface area contributed by atoms with Crippen LogP contribution in [0.15, 0.2) is 24.3 Å². The van der Waals surface area contributed by atoms with Crippen molar-refractivity contribution in [1.82, 2.24) is 4.98 Å². The van der Waals surface area contributed by atoms with Gasteiger partial charge in [0.25, 0.3) is 0 Å². The zero-order valence-electron chi connectivity index (χ0n) is 13.0. The SMILES string of the molecule is CC(=O)c1c(C)[nH]c(C(=O)COC(=O)c2cccc(I)c2)c1C. The summed E-state index contributed by atoms with van der Waals surface area (Å²) in [5.74, 6) is -1.02. The molecule has 6 heteroatoms. The highest BCUT2D eigenvalue weighted by Gasteiger charge is 2.21. The quantitative estimate of drug-likeness (QED) is 0.452. The largest absolute Gasteiger partial charge is 0.454 e. The van der Waals surface area contributed by atoms with Gasteiger partial charge in [-0.1, -0.05) is 6.07 Å². The molecule has 2 aromatic rings. The average molecular weight is 425 g/mol. The van der Waals surface area contributed by atoms with Gasteiger partial charge in [-0.2, -0.15) is 0 Å². The molecule has 120 valence electrons. The molecule has 1 aromatic heterocycles. The third-order valence-electron chi connectivity index (χ3n) is 3.46. The molecule has 0 unspecified atom stereocenters. The van der Waals surface area contributed by atoms with Crippen LogP contribution in [0.1, 0.15) is 49.4 Å². The fourth-order valence-electron chi connectivity index (χ4n) is 2.46. The van der Waals surface area contributed by atoms with Gasteiger partial charge in [-0.15, -0.1) is 0 Å². The number of aromatic nitrogens is 1. The van der Waals surface area contributed by atoms with E-state index in [1.165, 1.54) is 6.92 Å². The van der Waals surface area contributed by atoms with Crippen molar-refractivity contribution in [3.05, 3.63) is 55.9 Å². The fraction of sp³-hybridized carbons (Fsp3) is 0.235. The van der Waals surface area contributed by atoms with Crippen molar-refractivity contribution < 1.29 is 19.1 Å². The number of H-pyrrole nitrogens is 1. The Morgan fingerprint density at radius 3 is 2.48 bits per heavy atom. The van der Waals surface area contributed by atoms with E-state index in [0.29, 0.717) is 28.1 Å². The summed E-state index contributed by atoms with van der Waals surface area (Å²) in [5, 5.41) is 0. The monoisotopic (exact) mass is 425 g/mol. The van der Waals surface area contributed by atoms with E-state index in [4.69, 9.17) is 4.74 Å². The number of aryl methyl sites for hydroxylation is 1. The molecule has 0 amide bonds. The Balaban J connectivity index is 2.10. The molecule has 1 N–H and O–H groups in total. The van der Waals surface area contributed by atoms with Gasteiger partial charge >= 0.3 is 5.97 Å². The van der Waals surface area contributed by atoms with Gasteiger partial charge in [0, 0.05) is 14.8 Å². The highest BCUT2D eigenvalue weighted by molar-refractivity contribution is 14.1. The van der Waals surface area contributed by atoms with E-state index < -0.39 is 5.97 Å². The molecule has 0 aliphatic heterocycles. The minimum absolute atomic E-state index is 0.105. The Labute approximate surface area is 147 Å². The Kier molecular flexibility index (Phi) is 5.35. The van der Waals surface area contributed by atoms with E-state index in [1.54, 1.807) is 32.0 Å². The number of ether oxygens (including phenoxy) is 1. The van der Waals surface area contributed by atoms with E-state index in [-0.39, 0.29) is 18.2 Å². The standard InChI is InChI=1S/C17H16INO4/c1-9-15(11(3)20)10(2)19-16(9)14(21)8-23-17(22)12-5-4-6-13(18)7-12/h4-7,19H,8H2,1-3H3. The number of hydrogen-bond donors (Lipinski definition) is 1. The van der Waals surface area contributed by atoms with Gasteiger partial charge in [-0.25, -0.2) is 4.79 Å². The minimum atomic E-state index is -0.551. The Hall–Kier alpha value is -1.96. The van der Waals surface area contributed by atoms with Crippen molar-refractivity contribution in [3.8, 4) is 0 Å². The van der Waals surface area contributed by atoms with Gasteiger partial charge < -0.3 is 9.72 Å². The third-order valence-corrected chi connectivity index (χ3v) is 4.13. The number of aromatic amines is 1. The number of halogens is 1. The van der Waals surface area contributed by atoms with Crippen LogP contribution in [0, 0.1) is 17.4 Å². The fourth-order valence-corrected chi connectivity index (χ4v) is 3.00. The first-order valence-corrected chi connectivity index (χ1v) is 8.05.